The fraction of sp³-hybridized carbons (Fsp3) is 0.111. The van der Waals surface area contributed by atoms with Gasteiger partial charge in [-0.05, 0) is 6.07 Å². The molecule has 0 saturated heterocycles. The Morgan fingerprint density at radius 2 is 1.79 bits per heavy atom. The average molecular weight is 199 g/mol. The quantitative estimate of drug-likeness (QED) is 0.600. The first-order valence-corrected chi connectivity index (χ1v) is 3.80. The third-order valence-electron chi connectivity index (χ3n) is 1.89. The first-order chi connectivity index (χ1) is 6.50. The molecule has 0 bridgehead atoms. The Balaban J connectivity index is 2.86. The number of fused-ring (bicyclic) bond motifs is 1. The van der Waals surface area contributed by atoms with Gasteiger partial charge in [-0.3, -0.25) is 4.79 Å². The minimum atomic E-state index is -4.63. The van der Waals surface area contributed by atoms with Crippen molar-refractivity contribution in [3.8, 4) is 0 Å². The van der Waals surface area contributed by atoms with Gasteiger partial charge in [0.25, 0.3) is 5.91 Å². The van der Waals surface area contributed by atoms with Gasteiger partial charge in [-0.2, -0.15) is 13.2 Å². The van der Waals surface area contributed by atoms with Gasteiger partial charge in [0.15, 0.2) is 0 Å². The summed E-state index contributed by atoms with van der Waals surface area (Å²) in [7, 11) is 0. The van der Waals surface area contributed by atoms with Crippen molar-refractivity contribution in [2.24, 2.45) is 4.99 Å². The number of nitrogens with zero attached hydrogens (tertiary/aromatic N) is 1. The molecule has 0 unspecified atom stereocenters. The number of rotatable bonds is 0. The van der Waals surface area contributed by atoms with Gasteiger partial charge in [0.1, 0.15) is 5.57 Å². The van der Waals surface area contributed by atoms with Crippen LogP contribution in [0.4, 0.5) is 13.2 Å². The van der Waals surface area contributed by atoms with Gasteiger partial charge in [0, 0.05) is 5.22 Å². The summed E-state index contributed by atoms with van der Waals surface area (Å²) in [6, 6.07) is 5.60. The number of amides is 1. The van der Waals surface area contributed by atoms with Crippen molar-refractivity contribution in [1.29, 1.82) is 0 Å². The van der Waals surface area contributed by atoms with Crippen LogP contribution >= 0.6 is 0 Å². The molecule has 1 aromatic rings. The van der Waals surface area contributed by atoms with Gasteiger partial charge in [-0.1, -0.05) is 18.2 Å². The lowest BCUT2D eigenvalue weighted by Crippen LogP contribution is -2.28. The van der Waals surface area contributed by atoms with Crippen LogP contribution in [0.1, 0.15) is 0 Å². The molecule has 1 aliphatic rings. The molecule has 72 valence electrons. The van der Waals surface area contributed by atoms with Gasteiger partial charge in [0.05, 0.1) is 5.36 Å². The summed E-state index contributed by atoms with van der Waals surface area (Å²) in [5.41, 5.74) is -1.17. The molecule has 1 amide bonds. The number of alkyl halides is 3. The molecule has 2 nitrogen and oxygen atoms in total. The van der Waals surface area contributed by atoms with Gasteiger partial charge < -0.3 is 0 Å². The third kappa shape index (κ3) is 1.21. The summed E-state index contributed by atoms with van der Waals surface area (Å²) in [6.07, 6.45) is -4.63. The van der Waals surface area contributed by atoms with Gasteiger partial charge in [-0.15, -0.1) is 0 Å². The Hall–Kier alpha value is -1.65. The number of carbonyl (C=O) groups is 1. The van der Waals surface area contributed by atoms with Crippen molar-refractivity contribution < 1.29 is 18.0 Å². The monoisotopic (exact) mass is 199 g/mol. The zero-order chi connectivity index (χ0) is 10.3. The van der Waals surface area contributed by atoms with E-state index in [2.05, 4.69) is 4.99 Å². The highest BCUT2D eigenvalue weighted by Crippen LogP contribution is 2.27. The van der Waals surface area contributed by atoms with Crippen molar-refractivity contribution in [3.63, 3.8) is 0 Å². The van der Waals surface area contributed by atoms with E-state index in [4.69, 9.17) is 0 Å². The Kier molecular flexibility index (Phi) is 1.70. The molecular formula is C9H4F3NO. The smallest absolute Gasteiger partial charge is 0.267 e. The fourth-order valence-corrected chi connectivity index (χ4v) is 1.34. The van der Waals surface area contributed by atoms with E-state index in [1.165, 1.54) is 24.3 Å². The summed E-state index contributed by atoms with van der Waals surface area (Å²) in [5, 5.41) is -0.0465. The standard InChI is InChI=1S/C9H4F3NO/c10-9(11,12)7-5-3-1-2-4-6(5)13-8(7)14/h1-4H. The molecule has 5 heteroatoms. The molecule has 0 aromatic heterocycles. The second-order valence-electron chi connectivity index (χ2n) is 2.81. The second-order valence-corrected chi connectivity index (χ2v) is 2.81. The van der Waals surface area contributed by atoms with E-state index in [0.717, 1.165) is 0 Å². The maximum absolute atomic E-state index is 12.4. The highest BCUT2D eigenvalue weighted by molar-refractivity contribution is 6.17. The van der Waals surface area contributed by atoms with Crippen LogP contribution in [-0.2, 0) is 4.79 Å². The lowest BCUT2D eigenvalue weighted by atomic mass is 10.2. The molecule has 0 saturated carbocycles. The molecule has 0 radical (unpaired) electrons. The number of halogens is 3. The summed E-state index contributed by atoms with van der Waals surface area (Å²) in [6.45, 7) is 0. The molecule has 0 N–H and O–H groups in total. The topological polar surface area (TPSA) is 29.4 Å². The van der Waals surface area contributed by atoms with E-state index < -0.39 is 17.7 Å². The van der Waals surface area contributed by atoms with Crippen LogP contribution in [0.15, 0.2) is 29.3 Å². The zero-order valence-electron chi connectivity index (χ0n) is 6.80. The lowest BCUT2D eigenvalue weighted by Gasteiger charge is -2.03. The van der Waals surface area contributed by atoms with Crippen LogP contribution in [0.25, 0.3) is 5.57 Å². The number of carbonyl (C=O) groups excluding carboxylic acids is 1. The minimum Gasteiger partial charge on any atom is -0.267 e. The van der Waals surface area contributed by atoms with E-state index in [1.807, 2.05) is 0 Å². The maximum atomic E-state index is 12.4. The largest absolute Gasteiger partial charge is 0.422 e. The van der Waals surface area contributed by atoms with Crippen LogP contribution < -0.4 is 10.6 Å². The molecule has 0 atom stereocenters. The molecule has 14 heavy (non-hydrogen) atoms. The van der Waals surface area contributed by atoms with Crippen LogP contribution in [-0.4, -0.2) is 12.1 Å². The predicted molar refractivity (Wildman–Crippen MR) is 41.7 cm³/mol. The molecule has 1 aliphatic heterocycles. The Bertz CT molecular complexity index is 516. The number of hydrogen-bond acceptors (Lipinski definition) is 1. The van der Waals surface area contributed by atoms with Crippen molar-refractivity contribution >= 4 is 11.5 Å². The first-order valence-electron chi connectivity index (χ1n) is 3.80. The van der Waals surface area contributed by atoms with Gasteiger partial charge in [0.2, 0.25) is 0 Å². The van der Waals surface area contributed by atoms with Gasteiger partial charge >= 0.3 is 6.18 Å². The van der Waals surface area contributed by atoms with E-state index in [-0.39, 0.29) is 10.6 Å². The third-order valence-corrected chi connectivity index (χ3v) is 1.89. The van der Waals surface area contributed by atoms with Crippen molar-refractivity contribution in [1.82, 2.24) is 0 Å². The van der Waals surface area contributed by atoms with Crippen LogP contribution in [0.3, 0.4) is 0 Å². The first kappa shape index (κ1) is 8.93. The number of para-hydroxylation sites is 1. The maximum Gasteiger partial charge on any atom is 0.422 e. The molecule has 1 aromatic carbocycles. The summed E-state index contributed by atoms with van der Waals surface area (Å²) in [4.78, 5) is 14.3. The van der Waals surface area contributed by atoms with Crippen molar-refractivity contribution in [2.45, 2.75) is 6.18 Å². The van der Waals surface area contributed by atoms with Crippen LogP contribution in [0.2, 0.25) is 0 Å². The van der Waals surface area contributed by atoms with E-state index >= 15 is 0 Å². The number of hydrogen-bond donors (Lipinski definition) is 0. The minimum absolute atomic E-state index is 0.0878. The summed E-state index contributed by atoms with van der Waals surface area (Å²) < 4.78 is 37.1. The summed E-state index contributed by atoms with van der Waals surface area (Å²) in [5.74, 6) is -1.21. The van der Waals surface area contributed by atoms with E-state index in [0.29, 0.717) is 0 Å². The molecule has 2 rings (SSSR count). The Morgan fingerprint density at radius 1 is 1.14 bits per heavy atom. The molecule has 0 spiro atoms. The van der Waals surface area contributed by atoms with Crippen LogP contribution in [0, 0.1) is 0 Å². The summed E-state index contributed by atoms with van der Waals surface area (Å²) >= 11 is 0. The highest BCUT2D eigenvalue weighted by Gasteiger charge is 2.41. The second kappa shape index (κ2) is 2.67. The molecule has 0 aliphatic carbocycles. The lowest BCUT2D eigenvalue weighted by molar-refractivity contribution is -0.119. The van der Waals surface area contributed by atoms with Crippen molar-refractivity contribution in [2.75, 3.05) is 0 Å². The van der Waals surface area contributed by atoms with Gasteiger partial charge in [-0.25, -0.2) is 4.99 Å². The predicted octanol–water partition coefficient (Wildman–Crippen LogP) is 0.559. The normalized spacial score (nSPS) is 15.4. The molecule has 0 fully saturated rings. The van der Waals surface area contributed by atoms with Crippen molar-refractivity contribution in [3.05, 3.63) is 34.8 Å². The van der Waals surface area contributed by atoms with Crippen LogP contribution in [0.5, 0.6) is 0 Å². The fourth-order valence-electron chi connectivity index (χ4n) is 1.34. The molecule has 1 heterocycles. The SMILES string of the molecule is O=C1N=c2ccccc2=C1C(F)(F)F. The number of benzene rings is 1. The zero-order valence-corrected chi connectivity index (χ0v) is 6.80. The Morgan fingerprint density at radius 3 is 2.43 bits per heavy atom. The van der Waals surface area contributed by atoms with E-state index in [9.17, 15) is 18.0 Å². The average Bonchev–Trinajstić information content (AvgIpc) is 2.38. The van der Waals surface area contributed by atoms with E-state index in [1.54, 1.807) is 0 Å². The Labute approximate surface area is 76.4 Å². The highest BCUT2D eigenvalue weighted by atomic mass is 19.4. The molecular weight excluding hydrogens is 195 g/mol.